The molecule has 1 amide bonds. The lowest BCUT2D eigenvalue weighted by Crippen LogP contribution is -2.44. The van der Waals surface area contributed by atoms with Crippen LogP contribution >= 0.6 is 11.8 Å². The first-order chi connectivity index (χ1) is 10.1. The summed E-state index contributed by atoms with van der Waals surface area (Å²) in [7, 11) is 1.75. The third-order valence-electron chi connectivity index (χ3n) is 2.77. The molecule has 0 bridgehead atoms. The zero-order chi connectivity index (χ0) is 17.2. The zero-order valence-corrected chi connectivity index (χ0v) is 15.8. The molecule has 0 saturated carbocycles. The summed E-state index contributed by atoms with van der Waals surface area (Å²) in [6.45, 7) is 12.0. The van der Waals surface area contributed by atoms with Crippen LogP contribution in [0.1, 0.15) is 41.0 Å². The minimum atomic E-state index is -0.460. The van der Waals surface area contributed by atoms with Gasteiger partial charge in [0.25, 0.3) is 0 Å². The summed E-state index contributed by atoms with van der Waals surface area (Å²) in [6, 6.07) is 0. The largest absolute Gasteiger partial charge is 0.444 e. The monoisotopic (exact) mass is 332 g/mol. The third-order valence-corrected chi connectivity index (χ3v) is 4.02. The van der Waals surface area contributed by atoms with Crippen molar-refractivity contribution in [2.45, 2.75) is 51.4 Å². The first-order valence-corrected chi connectivity index (χ1v) is 8.78. The molecule has 0 aliphatic rings. The van der Waals surface area contributed by atoms with Crippen LogP contribution in [-0.4, -0.2) is 55.3 Å². The Labute approximate surface area is 139 Å². The van der Waals surface area contributed by atoms with Gasteiger partial charge in [0, 0.05) is 31.4 Å². The number of amides is 1. The number of aliphatic imine (C=N–C) groups is 1. The molecule has 0 aromatic heterocycles. The lowest BCUT2D eigenvalue weighted by Gasteiger charge is -2.23. The van der Waals surface area contributed by atoms with E-state index in [4.69, 9.17) is 4.74 Å². The Hall–Kier alpha value is -1.11. The van der Waals surface area contributed by atoms with Gasteiger partial charge in [-0.15, -0.1) is 0 Å². The molecule has 0 unspecified atom stereocenters. The molecule has 0 aromatic carbocycles. The number of hydrogen-bond donors (Lipinski definition) is 3. The van der Waals surface area contributed by atoms with Gasteiger partial charge in [0.1, 0.15) is 5.60 Å². The Balaban J connectivity index is 3.83. The summed E-state index contributed by atoms with van der Waals surface area (Å²) in [4.78, 5) is 15.6. The van der Waals surface area contributed by atoms with Gasteiger partial charge < -0.3 is 20.7 Å². The van der Waals surface area contributed by atoms with Crippen LogP contribution < -0.4 is 16.0 Å². The van der Waals surface area contributed by atoms with Crippen LogP contribution in [0.25, 0.3) is 0 Å². The molecule has 3 N–H and O–H groups in total. The second-order valence-electron chi connectivity index (χ2n) is 6.60. The lowest BCUT2D eigenvalue weighted by molar-refractivity contribution is 0.0527. The van der Waals surface area contributed by atoms with Crippen LogP contribution in [0.15, 0.2) is 4.99 Å². The molecule has 0 heterocycles. The highest BCUT2D eigenvalue weighted by atomic mass is 32.2. The highest BCUT2D eigenvalue weighted by Crippen LogP contribution is 2.19. The number of carbonyl (C=O) groups excluding carboxylic acids is 1. The topological polar surface area (TPSA) is 74.8 Å². The molecule has 0 aliphatic heterocycles. The molecule has 0 rings (SSSR count). The summed E-state index contributed by atoms with van der Waals surface area (Å²) < 4.78 is 5.33. The maximum Gasteiger partial charge on any atom is 0.407 e. The molecule has 0 aromatic rings. The first kappa shape index (κ1) is 20.9. The molecule has 0 atom stereocenters. The van der Waals surface area contributed by atoms with Gasteiger partial charge in [0.2, 0.25) is 0 Å². The van der Waals surface area contributed by atoms with Gasteiger partial charge in [0.05, 0.1) is 0 Å². The Morgan fingerprint density at radius 2 is 1.68 bits per heavy atom. The van der Waals surface area contributed by atoms with Gasteiger partial charge in [-0.25, -0.2) is 4.79 Å². The maximum absolute atomic E-state index is 11.5. The van der Waals surface area contributed by atoms with Crippen LogP contribution in [0.2, 0.25) is 0 Å². The highest BCUT2D eigenvalue weighted by molar-refractivity contribution is 7.99. The molecular weight excluding hydrogens is 300 g/mol. The number of nitrogens with zero attached hydrogens (tertiary/aromatic N) is 1. The number of nitrogens with one attached hydrogen (secondary N) is 3. The molecule has 130 valence electrons. The van der Waals surface area contributed by atoms with Crippen LogP contribution in [0.3, 0.4) is 0 Å². The average molecular weight is 333 g/mol. The number of alkyl carbamates (subject to hydrolysis) is 1. The molecule has 0 fully saturated rings. The van der Waals surface area contributed by atoms with Gasteiger partial charge >= 0.3 is 6.09 Å². The Morgan fingerprint density at radius 3 is 2.18 bits per heavy atom. The van der Waals surface area contributed by atoms with Gasteiger partial charge in [-0.2, -0.15) is 11.8 Å². The molecular formula is C15H32N4O2S. The number of ether oxygens (including phenoxy) is 1. The van der Waals surface area contributed by atoms with Crippen molar-refractivity contribution < 1.29 is 9.53 Å². The molecule has 0 spiro atoms. The number of rotatable bonds is 7. The average Bonchev–Trinajstić information content (AvgIpc) is 2.39. The van der Waals surface area contributed by atoms with Crippen molar-refractivity contribution in [2.24, 2.45) is 4.99 Å². The lowest BCUT2D eigenvalue weighted by atomic mass is 10.2. The zero-order valence-electron chi connectivity index (χ0n) is 15.0. The van der Waals surface area contributed by atoms with Crippen molar-refractivity contribution in [2.75, 3.05) is 32.9 Å². The van der Waals surface area contributed by atoms with Crippen molar-refractivity contribution in [1.29, 1.82) is 0 Å². The fraction of sp³-hybridized carbons (Fsp3) is 0.867. The predicted molar refractivity (Wildman–Crippen MR) is 95.8 cm³/mol. The number of carbonyl (C=O) groups is 1. The van der Waals surface area contributed by atoms with Crippen molar-refractivity contribution in [3.8, 4) is 0 Å². The van der Waals surface area contributed by atoms with E-state index in [1.807, 2.05) is 32.5 Å². The van der Waals surface area contributed by atoms with Gasteiger partial charge in [-0.3, -0.25) is 4.99 Å². The Bertz CT molecular complexity index is 365. The Kier molecular flexibility index (Phi) is 9.32. The minimum absolute atomic E-state index is 0.163. The summed E-state index contributed by atoms with van der Waals surface area (Å²) >= 11 is 1.81. The normalized spacial score (nSPS) is 12.8. The van der Waals surface area contributed by atoms with Crippen molar-refractivity contribution in [3.63, 3.8) is 0 Å². The van der Waals surface area contributed by atoms with Crippen LogP contribution in [0, 0.1) is 0 Å². The molecule has 0 saturated heterocycles. The SMILES string of the molecule is CN=C(NCCCNC(=O)OC(C)(C)C)NCC(C)(C)SC. The molecule has 22 heavy (non-hydrogen) atoms. The van der Waals surface area contributed by atoms with E-state index >= 15 is 0 Å². The van der Waals surface area contributed by atoms with E-state index < -0.39 is 5.60 Å². The minimum Gasteiger partial charge on any atom is -0.444 e. The number of thioether (sulfide) groups is 1. The van der Waals surface area contributed by atoms with Crippen LogP contribution in [0.4, 0.5) is 4.79 Å². The smallest absolute Gasteiger partial charge is 0.407 e. The Morgan fingerprint density at radius 1 is 1.09 bits per heavy atom. The van der Waals surface area contributed by atoms with Gasteiger partial charge in [0.15, 0.2) is 5.96 Å². The van der Waals surface area contributed by atoms with E-state index in [-0.39, 0.29) is 10.8 Å². The highest BCUT2D eigenvalue weighted by Gasteiger charge is 2.16. The third kappa shape index (κ3) is 11.5. The number of guanidine groups is 1. The summed E-state index contributed by atoms with van der Waals surface area (Å²) in [5, 5.41) is 9.25. The molecule has 7 heteroatoms. The maximum atomic E-state index is 11.5. The first-order valence-electron chi connectivity index (χ1n) is 7.56. The molecule has 0 aliphatic carbocycles. The fourth-order valence-electron chi connectivity index (χ4n) is 1.39. The van der Waals surface area contributed by atoms with Crippen LogP contribution in [0.5, 0.6) is 0 Å². The van der Waals surface area contributed by atoms with E-state index in [1.54, 1.807) is 7.05 Å². The van der Waals surface area contributed by atoms with Gasteiger partial charge in [-0.1, -0.05) is 0 Å². The van der Waals surface area contributed by atoms with E-state index in [0.29, 0.717) is 6.54 Å². The van der Waals surface area contributed by atoms with Crippen molar-refractivity contribution >= 4 is 23.8 Å². The number of hydrogen-bond acceptors (Lipinski definition) is 4. The van der Waals surface area contributed by atoms with Crippen molar-refractivity contribution in [3.05, 3.63) is 0 Å². The summed E-state index contributed by atoms with van der Waals surface area (Å²) in [5.41, 5.74) is -0.460. The summed E-state index contributed by atoms with van der Waals surface area (Å²) in [5.74, 6) is 0.777. The van der Waals surface area contributed by atoms with E-state index in [2.05, 4.69) is 41.0 Å². The van der Waals surface area contributed by atoms with E-state index in [9.17, 15) is 4.79 Å². The second kappa shape index (κ2) is 9.82. The standard InChI is InChI=1S/C15H32N4O2S/c1-14(2,3)21-13(20)18-10-8-9-17-12(16-6)19-11-15(4,5)22-7/h8-11H2,1-7H3,(H,18,20)(H2,16,17,19). The van der Waals surface area contributed by atoms with E-state index in [1.165, 1.54) is 0 Å². The quantitative estimate of drug-likeness (QED) is 0.379. The molecule has 6 nitrogen and oxygen atoms in total. The molecule has 0 radical (unpaired) electrons. The predicted octanol–water partition coefficient (Wildman–Crippen LogP) is 2.21. The fourth-order valence-corrected chi connectivity index (χ4v) is 1.61. The van der Waals surface area contributed by atoms with E-state index in [0.717, 1.165) is 25.5 Å². The van der Waals surface area contributed by atoms with Crippen LogP contribution in [-0.2, 0) is 4.74 Å². The summed E-state index contributed by atoms with van der Waals surface area (Å²) in [6.07, 6.45) is 2.52. The van der Waals surface area contributed by atoms with Gasteiger partial charge in [-0.05, 0) is 47.3 Å². The second-order valence-corrected chi connectivity index (χ2v) is 8.11. The van der Waals surface area contributed by atoms with Crippen molar-refractivity contribution in [1.82, 2.24) is 16.0 Å².